The number of nitrogens with two attached hydrogens (primary N) is 1. The number of amides is 2. The molecular formula is C17H26ClN3O3S. The van der Waals surface area contributed by atoms with Crippen LogP contribution in [0.25, 0.3) is 0 Å². The van der Waals surface area contributed by atoms with E-state index in [4.69, 9.17) is 10.5 Å². The van der Waals surface area contributed by atoms with Gasteiger partial charge in [0.25, 0.3) is 5.91 Å². The highest BCUT2D eigenvalue weighted by Gasteiger charge is 2.30. The Bertz CT molecular complexity index is 547. The SMILES string of the molecule is CSCCC(NC(=O)COc1ccccc1)C(=O)N1CC[C@@H](N)C1.Cl. The lowest BCUT2D eigenvalue weighted by atomic mass is 10.2. The molecule has 6 nitrogen and oxygen atoms in total. The third-order valence-corrected chi connectivity index (χ3v) is 4.54. The minimum Gasteiger partial charge on any atom is -0.484 e. The fourth-order valence-electron chi connectivity index (χ4n) is 2.60. The predicted molar refractivity (Wildman–Crippen MR) is 103 cm³/mol. The van der Waals surface area contributed by atoms with Gasteiger partial charge in [0.1, 0.15) is 11.8 Å². The Kier molecular flexibility index (Phi) is 9.70. The molecule has 1 fully saturated rings. The van der Waals surface area contributed by atoms with E-state index in [0.717, 1.165) is 12.2 Å². The number of benzene rings is 1. The van der Waals surface area contributed by atoms with E-state index < -0.39 is 6.04 Å². The number of hydrogen-bond acceptors (Lipinski definition) is 5. The van der Waals surface area contributed by atoms with Gasteiger partial charge in [0.15, 0.2) is 6.61 Å². The first-order chi connectivity index (χ1) is 11.6. The maximum Gasteiger partial charge on any atom is 0.258 e. The molecule has 1 heterocycles. The number of nitrogens with zero attached hydrogens (tertiary/aromatic N) is 1. The Morgan fingerprint density at radius 2 is 2.12 bits per heavy atom. The molecule has 1 aliphatic rings. The molecule has 140 valence electrons. The van der Waals surface area contributed by atoms with Crippen LogP contribution < -0.4 is 15.8 Å². The maximum absolute atomic E-state index is 12.6. The molecule has 0 bridgehead atoms. The number of likely N-dealkylation sites (tertiary alicyclic amines) is 1. The van der Waals surface area contributed by atoms with Gasteiger partial charge in [0, 0.05) is 19.1 Å². The number of halogens is 1. The van der Waals surface area contributed by atoms with Crippen molar-refractivity contribution in [3.63, 3.8) is 0 Å². The highest BCUT2D eigenvalue weighted by Crippen LogP contribution is 2.12. The second-order valence-electron chi connectivity index (χ2n) is 5.84. The summed E-state index contributed by atoms with van der Waals surface area (Å²) in [5.41, 5.74) is 5.87. The van der Waals surface area contributed by atoms with Crippen molar-refractivity contribution in [2.24, 2.45) is 5.73 Å². The monoisotopic (exact) mass is 387 g/mol. The summed E-state index contributed by atoms with van der Waals surface area (Å²) >= 11 is 1.65. The molecule has 1 aromatic rings. The number of rotatable bonds is 8. The van der Waals surface area contributed by atoms with Crippen molar-refractivity contribution < 1.29 is 14.3 Å². The lowest BCUT2D eigenvalue weighted by Crippen LogP contribution is -2.49. The average Bonchev–Trinajstić information content (AvgIpc) is 3.03. The van der Waals surface area contributed by atoms with Crippen LogP contribution in [0.3, 0.4) is 0 Å². The standard InChI is InChI=1S/C17H25N3O3S.ClH/c1-24-10-8-15(17(22)20-9-7-13(18)11-20)19-16(21)12-23-14-5-3-2-4-6-14;/h2-6,13,15H,7-12,18H2,1H3,(H,19,21);1H/t13-,15?;/m1./s1. The minimum atomic E-state index is -0.519. The summed E-state index contributed by atoms with van der Waals surface area (Å²) in [5, 5.41) is 2.80. The van der Waals surface area contributed by atoms with Gasteiger partial charge in [-0.25, -0.2) is 0 Å². The van der Waals surface area contributed by atoms with Crippen molar-refractivity contribution in [3.05, 3.63) is 30.3 Å². The van der Waals surface area contributed by atoms with Crippen molar-refractivity contribution in [2.75, 3.05) is 31.7 Å². The largest absolute Gasteiger partial charge is 0.484 e. The third kappa shape index (κ3) is 7.13. The Morgan fingerprint density at radius 3 is 2.72 bits per heavy atom. The lowest BCUT2D eigenvalue weighted by molar-refractivity contribution is -0.136. The normalized spacial score (nSPS) is 17.5. The number of carbonyl (C=O) groups is 2. The van der Waals surface area contributed by atoms with E-state index in [1.165, 1.54) is 0 Å². The molecular weight excluding hydrogens is 362 g/mol. The lowest BCUT2D eigenvalue weighted by Gasteiger charge is -2.24. The quantitative estimate of drug-likeness (QED) is 0.702. The van der Waals surface area contributed by atoms with Gasteiger partial charge >= 0.3 is 0 Å². The van der Waals surface area contributed by atoms with Crippen LogP contribution in [0.4, 0.5) is 0 Å². The summed E-state index contributed by atoms with van der Waals surface area (Å²) in [6, 6.07) is 8.65. The molecule has 8 heteroatoms. The number of nitrogens with one attached hydrogen (secondary N) is 1. The number of hydrogen-bond donors (Lipinski definition) is 2. The number of carbonyl (C=O) groups excluding carboxylic acids is 2. The number of ether oxygens (including phenoxy) is 1. The Labute approximate surface area is 159 Å². The van der Waals surface area contributed by atoms with Gasteiger partial charge in [0.05, 0.1) is 0 Å². The average molecular weight is 388 g/mol. The summed E-state index contributed by atoms with van der Waals surface area (Å²) in [6.07, 6.45) is 3.39. The first kappa shape index (κ1) is 21.6. The van der Waals surface area contributed by atoms with Crippen molar-refractivity contribution >= 4 is 36.0 Å². The van der Waals surface area contributed by atoms with Gasteiger partial charge in [-0.15, -0.1) is 12.4 Å². The van der Waals surface area contributed by atoms with Gasteiger partial charge < -0.3 is 20.7 Å². The van der Waals surface area contributed by atoms with Gasteiger partial charge in [-0.05, 0) is 37.0 Å². The summed E-state index contributed by atoms with van der Waals surface area (Å²) in [7, 11) is 0. The van der Waals surface area contributed by atoms with Crippen molar-refractivity contribution in [1.82, 2.24) is 10.2 Å². The van der Waals surface area contributed by atoms with Crippen LogP contribution in [-0.4, -0.2) is 60.5 Å². The van der Waals surface area contributed by atoms with Gasteiger partial charge in [-0.2, -0.15) is 11.8 Å². The molecule has 1 aliphatic heterocycles. The van der Waals surface area contributed by atoms with Crippen molar-refractivity contribution in [1.29, 1.82) is 0 Å². The van der Waals surface area contributed by atoms with Crippen LogP contribution in [0.15, 0.2) is 30.3 Å². The van der Waals surface area contributed by atoms with Crippen LogP contribution in [-0.2, 0) is 9.59 Å². The second-order valence-corrected chi connectivity index (χ2v) is 6.82. The highest BCUT2D eigenvalue weighted by atomic mass is 35.5. The molecule has 2 atom stereocenters. The van der Waals surface area contributed by atoms with Crippen LogP contribution in [0.5, 0.6) is 5.75 Å². The van der Waals surface area contributed by atoms with Crippen LogP contribution in [0.1, 0.15) is 12.8 Å². The first-order valence-electron chi connectivity index (χ1n) is 8.10. The highest BCUT2D eigenvalue weighted by molar-refractivity contribution is 7.98. The summed E-state index contributed by atoms with van der Waals surface area (Å²) in [5.74, 6) is 1.09. The maximum atomic E-state index is 12.6. The molecule has 0 saturated carbocycles. The van der Waals surface area contributed by atoms with Gasteiger partial charge in [-0.3, -0.25) is 9.59 Å². The van der Waals surface area contributed by atoms with Crippen LogP contribution >= 0.6 is 24.2 Å². The topological polar surface area (TPSA) is 84.7 Å². The third-order valence-electron chi connectivity index (χ3n) is 3.89. The summed E-state index contributed by atoms with van der Waals surface area (Å²) in [4.78, 5) is 26.5. The summed E-state index contributed by atoms with van der Waals surface area (Å²) < 4.78 is 5.43. The molecule has 0 aromatic heterocycles. The van der Waals surface area contributed by atoms with Crippen molar-refractivity contribution in [2.45, 2.75) is 24.9 Å². The van der Waals surface area contributed by atoms with E-state index in [1.54, 1.807) is 28.8 Å². The fraction of sp³-hybridized carbons (Fsp3) is 0.529. The zero-order valence-corrected chi connectivity index (χ0v) is 16.0. The molecule has 1 unspecified atom stereocenters. The van der Waals surface area contributed by atoms with Crippen LogP contribution in [0.2, 0.25) is 0 Å². The Morgan fingerprint density at radius 1 is 1.40 bits per heavy atom. The molecule has 0 aliphatic carbocycles. The van der Waals surface area contributed by atoms with E-state index in [9.17, 15) is 9.59 Å². The predicted octanol–water partition coefficient (Wildman–Crippen LogP) is 1.28. The van der Waals surface area contributed by atoms with Crippen LogP contribution in [0, 0.1) is 0 Å². The zero-order valence-electron chi connectivity index (χ0n) is 14.3. The second kappa shape index (κ2) is 11.2. The molecule has 2 amide bonds. The van der Waals surface area contributed by atoms with Crippen molar-refractivity contribution in [3.8, 4) is 5.75 Å². The molecule has 25 heavy (non-hydrogen) atoms. The van der Waals surface area contributed by atoms with E-state index >= 15 is 0 Å². The van der Waals surface area contributed by atoms with E-state index in [2.05, 4.69) is 5.32 Å². The fourth-order valence-corrected chi connectivity index (χ4v) is 3.07. The number of thioether (sulfide) groups is 1. The molecule has 3 N–H and O–H groups in total. The van der Waals surface area contributed by atoms with Gasteiger partial charge in [0.2, 0.25) is 5.91 Å². The summed E-state index contributed by atoms with van der Waals surface area (Å²) in [6.45, 7) is 1.11. The molecule has 0 radical (unpaired) electrons. The smallest absolute Gasteiger partial charge is 0.258 e. The Hall–Kier alpha value is -1.44. The van der Waals surface area contributed by atoms with Gasteiger partial charge in [-0.1, -0.05) is 18.2 Å². The first-order valence-corrected chi connectivity index (χ1v) is 9.50. The molecule has 0 spiro atoms. The molecule has 1 aromatic carbocycles. The zero-order chi connectivity index (χ0) is 17.4. The molecule has 2 rings (SSSR count). The van der Waals surface area contributed by atoms with E-state index in [-0.39, 0.29) is 36.9 Å². The molecule has 1 saturated heterocycles. The number of para-hydroxylation sites is 1. The van der Waals surface area contributed by atoms with E-state index in [0.29, 0.717) is 25.3 Å². The minimum absolute atomic E-state index is 0. The Balaban J connectivity index is 0.00000312. The van der Waals surface area contributed by atoms with E-state index in [1.807, 2.05) is 24.5 Å².